The molecule has 1 saturated heterocycles. The number of pyridine rings is 1. The molecule has 1 aliphatic rings. The van der Waals surface area contributed by atoms with E-state index >= 15 is 0 Å². The first-order valence-corrected chi connectivity index (χ1v) is 9.32. The van der Waals surface area contributed by atoms with Crippen LogP contribution < -0.4 is 10.5 Å². The molecule has 0 spiro atoms. The molecule has 2 atom stereocenters. The number of nitrogens with two attached hydrogens (primary N) is 1. The molecule has 1 aromatic carbocycles. The molecule has 1 fully saturated rings. The number of hydrogen-bond acceptors (Lipinski definition) is 5. The number of halogens is 2. The second-order valence-corrected chi connectivity index (χ2v) is 7.21. The summed E-state index contributed by atoms with van der Waals surface area (Å²) in [4.78, 5) is 4.47. The van der Waals surface area contributed by atoms with Gasteiger partial charge in [-0.15, -0.1) is 0 Å². The van der Waals surface area contributed by atoms with Crippen LogP contribution in [0.1, 0.15) is 41.8 Å². The Labute approximate surface area is 163 Å². The summed E-state index contributed by atoms with van der Waals surface area (Å²) in [5.74, 6) is 0.549. The van der Waals surface area contributed by atoms with Crippen LogP contribution in [0.5, 0.6) is 5.88 Å². The van der Waals surface area contributed by atoms with Gasteiger partial charge in [0.25, 0.3) is 0 Å². The average Bonchev–Trinajstić information content (AvgIpc) is 2.64. The molecular formula is C19H22Cl2N2O3. The summed E-state index contributed by atoms with van der Waals surface area (Å²) in [6.45, 7) is 3.24. The molecule has 3 N–H and O–H groups in total. The van der Waals surface area contributed by atoms with Gasteiger partial charge >= 0.3 is 0 Å². The van der Waals surface area contributed by atoms with Crippen molar-refractivity contribution in [3.63, 3.8) is 0 Å². The highest BCUT2D eigenvalue weighted by Crippen LogP contribution is 2.32. The minimum Gasteiger partial charge on any atom is -0.474 e. The molecule has 0 saturated carbocycles. The molecule has 0 amide bonds. The van der Waals surface area contributed by atoms with Gasteiger partial charge in [-0.05, 0) is 30.7 Å². The van der Waals surface area contributed by atoms with E-state index in [-0.39, 0.29) is 6.10 Å². The molecule has 2 heterocycles. The molecule has 0 bridgehead atoms. The lowest BCUT2D eigenvalue weighted by molar-refractivity contribution is 0.0236. The van der Waals surface area contributed by atoms with Gasteiger partial charge in [-0.1, -0.05) is 29.3 Å². The molecule has 2 aromatic rings. The molecule has 26 heavy (non-hydrogen) atoms. The summed E-state index contributed by atoms with van der Waals surface area (Å²) in [5, 5.41) is 11.6. The van der Waals surface area contributed by atoms with E-state index in [0.29, 0.717) is 46.0 Å². The average molecular weight is 397 g/mol. The van der Waals surface area contributed by atoms with Gasteiger partial charge in [-0.25, -0.2) is 4.98 Å². The molecule has 0 radical (unpaired) electrons. The van der Waals surface area contributed by atoms with E-state index in [1.54, 1.807) is 30.3 Å². The number of aliphatic hydroxyl groups is 1. The van der Waals surface area contributed by atoms with Crippen LogP contribution in [0, 0.1) is 6.92 Å². The molecule has 1 aliphatic heterocycles. The summed E-state index contributed by atoms with van der Waals surface area (Å²) in [6.07, 6.45) is 0.905. The first-order valence-electron chi connectivity index (χ1n) is 8.56. The van der Waals surface area contributed by atoms with E-state index in [2.05, 4.69) is 4.98 Å². The fourth-order valence-electron chi connectivity index (χ4n) is 2.99. The topological polar surface area (TPSA) is 77.6 Å². The lowest BCUT2D eigenvalue weighted by Gasteiger charge is -2.24. The Hall–Kier alpha value is -1.37. The van der Waals surface area contributed by atoms with Crippen molar-refractivity contribution < 1.29 is 14.6 Å². The van der Waals surface area contributed by atoms with Gasteiger partial charge in [0.2, 0.25) is 5.88 Å². The van der Waals surface area contributed by atoms with Crippen LogP contribution in [0.15, 0.2) is 30.3 Å². The Balaban J connectivity index is 1.74. The maximum Gasteiger partial charge on any atom is 0.213 e. The zero-order valence-corrected chi connectivity index (χ0v) is 16.0. The minimum absolute atomic E-state index is 0.116. The summed E-state index contributed by atoms with van der Waals surface area (Å²) in [7, 11) is 0. The minimum atomic E-state index is -0.920. The van der Waals surface area contributed by atoms with Crippen molar-refractivity contribution in [2.45, 2.75) is 38.0 Å². The number of aryl methyl sites for hydroxylation is 1. The van der Waals surface area contributed by atoms with Gasteiger partial charge in [-0.3, -0.25) is 0 Å². The van der Waals surface area contributed by atoms with E-state index in [1.165, 1.54) is 0 Å². The van der Waals surface area contributed by atoms with E-state index in [0.717, 1.165) is 12.8 Å². The summed E-state index contributed by atoms with van der Waals surface area (Å²) >= 11 is 12.0. The van der Waals surface area contributed by atoms with Crippen molar-refractivity contribution in [2.24, 2.45) is 5.73 Å². The lowest BCUT2D eigenvalue weighted by atomic mass is 9.96. The second-order valence-electron chi connectivity index (χ2n) is 6.40. The van der Waals surface area contributed by atoms with Crippen LogP contribution in [-0.2, 0) is 4.74 Å². The second kappa shape index (κ2) is 8.55. The van der Waals surface area contributed by atoms with Crippen molar-refractivity contribution in [1.29, 1.82) is 0 Å². The highest BCUT2D eigenvalue weighted by atomic mass is 35.5. The van der Waals surface area contributed by atoms with E-state index in [9.17, 15) is 5.11 Å². The number of nitrogens with zero attached hydrogens (tertiary/aromatic N) is 1. The lowest BCUT2D eigenvalue weighted by Crippen LogP contribution is -2.26. The predicted octanol–water partition coefficient (Wildman–Crippen LogP) is 3.99. The first-order chi connectivity index (χ1) is 12.5. The smallest absolute Gasteiger partial charge is 0.213 e. The van der Waals surface area contributed by atoms with Gasteiger partial charge in [-0.2, -0.15) is 0 Å². The molecule has 1 aromatic heterocycles. The first kappa shape index (κ1) is 19.4. The van der Waals surface area contributed by atoms with Crippen molar-refractivity contribution in [3.05, 3.63) is 57.2 Å². The SMILES string of the molecule is Cc1nc(OC2CCOCC2)ccc1[C@H](O)[C@H](N)c1ccc(Cl)c(Cl)c1. The van der Waals surface area contributed by atoms with Gasteiger partial charge in [0, 0.05) is 30.2 Å². The molecule has 0 unspecified atom stereocenters. The third-order valence-electron chi connectivity index (χ3n) is 4.54. The zero-order valence-electron chi connectivity index (χ0n) is 14.5. The van der Waals surface area contributed by atoms with Crippen LogP contribution in [-0.4, -0.2) is 29.4 Å². The predicted molar refractivity (Wildman–Crippen MR) is 102 cm³/mol. The van der Waals surface area contributed by atoms with E-state index < -0.39 is 12.1 Å². The number of rotatable bonds is 5. The maximum absolute atomic E-state index is 10.7. The zero-order chi connectivity index (χ0) is 18.7. The standard InChI is InChI=1S/C19H22Cl2N2O3/c1-11-14(3-5-17(23-11)26-13-6-8-25-9-7-13)19(24)18(22)12-2-4-15(20)16(21)10-12/h2-5,10,13,18-19,24H,6-9,22H2,1H3/t18-,19+/m1/s1. The van der Waals surface area contributed by atoms with Gasteiger partial charge < -0.3 is 20.3 Å². The molecule has 5 nitrogen and oxygen atoms in total. The Morgan fingerprint density at radius 2 is 1.92 bits per heavy atom. The summed E-state index contributed by atoms with van der Waals surface area (Å²) in [5.41, 5.74) is 8.26. The van der Waals surface area contributed by atoms with Crippen LogP contribution in [0.25, 0.3) is 0 Å². The highest BCUT2D eigenvalue weighted by molar-refractivity contribution is 6.42. The Bertz CT molecular complexity index is 766. The van der Waals surface area contributed by atoms with Gasteiger partial charge in [0.05, 0.1) is 35.4 Å². The Kier molecular flexibility index (Phi) is 6.37. The number of ether oxygens (including phenoxy) is 2. The quantitative estimate of drug-likeness (QED) is 0.798. The summed E-state index contributed by atoms with van der Waals surface area (Å²) in [6, 6.07) is 8.02. The number of aliphatic hydroxyl groups excluding tert-OH is 1. The van der Waals surface area contributed by atoms with Crippen LogP contribution >= 0.6 is 23.2 Å². The Morgan fingerprint density at radius 1 is 1.19 bits per heavy atom. The van der Waals surface area contributed by atoms with Crippen molar-refractivity contribution in [2.75, 3.05) is 13.2 Å². The van der Waals surface area contributed by atoms with Crippen molar-refractivity contribution >= 4 is 23.2 Å². The number of hydrogen-bond donors (Lipinski definition) is 2. The van der Waals surface area contributed by atoms with Gasteiger partial charge in [0.15, 0.2) is 0 Å². The number of aromatic nitrogens is 1. The maximum atomic E-state index is 10.7. The van der Waals surface area contributed by atoms with Crippen molar-refractivity contribution in [1.82, 2.24) is 4.98 Å². The largest absolute Gasteiger partial charge is 0.474 e. The third-order valence-corrected chi connectivity index (χ3v) is 5.28. The molecular weight excluding hydrogens is 375 g/mol. The molecule has 3 rings (SSSR count). The van der Waals surface area contributed by atoms with Crippen LogP contribution in [0.4, 0.5) is 0 Å². The monoisotopic (exact) mass is 396 g/mol. The number of benzene rings is 1. The molecule has 140 valence electrons. The van der Waals surface area contributed by atoms with Crippen LogP contribution in [0.2, 0.25) is 10.0 Å². The third kappa shape index (κ3) is 4.48. The van der Waals surface area contributed by atoms with Gasteiger partial charge in [0.1, 0.15) is 6.10 Å². The molecule has 7 heteroatoms. The Morgan fingerprint density at radius 3 is 2.58 bits per heavy atom. The van der Waals surface area contributed by atoms with Crippen LogP contribution in [0.3, 0.4) is 0 Å². The van der Waals surface area contributed by atoms with E-state index in [1.807, 2.05) is 6.92 Å². The van der Waals surface area contributed by atoms with Crippen molar-refractivity contribution in [3.8, 4) is 5.88 Å². The fraction of sp³-hybridized carbons (Fsp3) is 0.421. The highest BCUT2D eigenvalue weighted by Gasteiger charge is 2.23. The molecule has 0 aliphatic carbocycles. The summed E-state index contributed by atoms with van der Waals surface area (Å²) < 4.78 is 11.2. The van der Waals surface area contributed by atoms with E-state index in [4.69, 9.17) is 38.4 Å². The normalized spacial score (nSPS) is 17.7. The fourth-order valence-corrected chi connectivity index (χ4v) is 3.29.